The van der Waals surface area contributed by atoms with Gasteiger partial charge in [0.15, 0.2) is 0 Å². The van der Waals surface area contributed by atoms with Gasteiger partial charge >= 0.3 is 0 Å². The number of fused-ring (bicyclic) bond motifs is 1. The number of nitrogens with zero attached hydrogens (tertiary/aromatic N) is 4. The van der Waals surface area contributed by atoms with E-state index >= 15 is 0 Å². The third kappa shape index (κ3) is 5.88. The summed E-state index contributed by atoms with van der Waals surface area (Å²) >= 11 is 6.08. The zero-order chi connectivity index (χ0) is 27.4. The van der Waals surface area contributed by atoms with Crippen LogP contribution < -0.4 is 5.32 Å². The fourth-order valence-electron chi connectivity index (χ4n) is 4.75. The molecule has 1 N–H and O–H groups in total. The lowest BCUT2D eigenvalue weighted by atomic mass is 9.95. The molecule has 0 spiro atoms. The van der Waals surface area contributed by atoms with Gasteiger partial charge in [0.1, 0.15) is 6.04 Å². The van der Waals surface area contributed by atoms with Crippen LogP contribution in [0.25, 0.3) is 0 Å². The number of hydrogen-bond donors (Lipinski definition) is 1. The highest BCUT2D eigenvalue weighted by atomic mass is 35.5. The molecule has 0 unspecified atom stereocenters. The smallest absolute Gasteiger partial charge is 0.244 e. The van der Waals surface area contributed by atoms with Gasteiger partial charge < -0.3 is 9.88 Å². The Labute approximate surface area is 232 Å². The minimum absolute atomic E-state index is 0.0545. The summed E-state index contributed by atoms with van der Waals surface area (Å²) in [7, 11) is -3.98. The Morgan fingerprint density at radius 3 is 2.59 bits per heavy atom. The number of nitrogens with one attached hydrogen (secondary N) is 1. The van der Waals surface area contributed by atoms with Crippen LogP contribution in [0.2, 0.25) is 5.02 Å². The number of sulfonamides is 1. The number of imidazole rings is 1. The molecule has 0 aliphatic carbocycles. The largest absolute Gasteiger partial charge is 0.354 e. The van der Waals surface area contributed by atoms with Crippen LogP contribution >= 0.6 is 11.6 Å². The van der Waals surface area contributed by atoms with Crippen molar-refractivity contribution in [2.45, 2.75) is 36.9 Å². The number of hydrogen-bond acceptors (Lipinski definition) is 5. The number of halogens is 1. The van der Waals surface area contributed by atoms with E-state index in [0.29, 0.717) is 30.1 Å². The van der Waals surface area contributed by atoms with E-state index < -0.39 is 16.1 Å². The summed E-state index contributed by atoms with van der Waals surface area (Å²) in [5.74, 6) is -0.353. The van der Waals surface area contributed by atoms with Crippen LogP contribution in [0.1, 0.15) is 27.9 Å². The van der Waals surface area contributed by atoms with Gasteiger partial charge in [-0.1, -0.05) is 54.1 Å². The first-order valence-electron chi connectivity index (χ1n) is 12.4. The molecule has 1 amide bonds. The molecule has 2 heterocycles. The van der Waals surface area contributed by atoms with E-state index in [9.17, 15) is 13.2 Å². The predicted octanol–water partition coefficient (Wildman–Crippen LogP) is 3.93. The fraction of sp³-hybridized carbons (Fsp3) is 0.207. The molecular weight excluding hydrogens is 534 g/mol. The average molecular weight is 560 g/mol. The highest BCUT2D eigenvalue weighted by Crippen LogP contribution is 2.30. The third-order valence-corrected chi connectivity index (χ3v) is 8.91. The van der Waals surface area contributed by atoms with Gasteiger partial charge in [-0.15, -0.1) is 0 Å². The summed E-state index contributed by atoms with van der Waals surface area (Å²) in [6.07, 6.45) is 4.28. The number of nitriles is 1. The van der Waals surface area contributed by atoms with E-state index in [0.717, 1.165) is 22.4 Å². The van der Waals surface area contributed by atoms with Crippen molar-refractivity contribution in [3.05, 3.63) is 118 Å². The van der Waals surface area contributed by atoms with Crippen LogP contribution in [0.3, 0.4) is 0 Å². The molecule has 5 rings (SSSR count). The van der Waals surface area contributed by atoms with Crippen molar-refractivity contribution in [2.75, 3.05) is 6.54 Å². The van der Waals surface area contributed by atoms with Gasteiger partial charge in [0.05, 0.1) is 22.9 Å². The second-order valence-corrected chi connectivity index (χ2v) is 11.7. The van der Waals surface area contributed by atoms with Gasteiger partial charge in [0.2, 0.25) is 15.9 Å². The molecule has 0 bridgehead atoms. The predicted molar refractivity (Wildman–Crippen MR) is 147 cm³/mol. The second-order valence-electron chi connectivity index (χ2n) is 9.36. The molecule has 4 aromatic rings. The molecule has 0 saturated carbocycles. The Balaban J connectivity index is 1.30. The standard InChI is InChI=1S/C29H26ClN5O3S/c30-25-6-3-7-27(15-25)39(37,38)35-19-24-5-2-1-4-23(24)14-28(35)29(36)33-13-12-26-17-32-20-34(26)18-22-10-8-21(16-31)9-11-22/h1-11,15,17,20,28H,12-14,18-19H2,(H,33,36)/t28-/m0/s1. The van der Waals surface area contributed by atoms with E-state index in [1.165, 1.54) is 16.4 Å². The van der Waals surface area contributed by atoms with Gasteiger partial charge in [-0.2, -0.15) is 9.57 Å². The van der Waals surface area contributed by atoms with E-state index in [-0.39, 0.29) is 23.8 Å². The lowest BCUT2D eigenvalue weighted by molar-refractivity contribution is -0.125. The molecule has 1 aromatic heterocycles. The van der Waals surface area contributed by atoms with E-state index in [1.54, 1.807) is 36.8 Å². The Hall–Kier alpha value is -3.97. The molecule has 3 aromatic carbocycles. The quantitative estimate of drug-likeness (QED) is 0.352. The monoisotopic (exact) mass is 559 g/mol. The molecule has 198 valence electrons. The number of benzene rings is 3. The lowest BCUT2D eigenvalue weighted by Gasteiger charge is -2.35. The van der Waals surface area contributed by atoms with Gasteiger partial charge in [-0.25, -0.2) is 13.4 Å². The summed E-state index contributed by atoms with van der Waals surface area (Å²) in [6, 6.07) is 22.2. The van der Waals surface area contributed by atoms with Gasteiger partial charge in [-0.05, 0) is 53.4 Å². The molecule has 1 aliphatic rings. The topological polar surface area (TPSA) is 108 Å². The van der Waals surface area contributed by atoms with Gasteiger partial charge in [-0.3, -0.25) is 4.79 Å². The van der Waals surface area contributed by atoms with Crippen molar-refractivity contribution in [2.24, 2.45) is 0 Å². The average Bonchev–Trinajstić information content (AvgIpc) is 3.39. The molecule has 0 fully saturated rings. The van der Waals surface area contributed by atoms with E-state index in [4.69, 9.17) is 16.9 Å². The summed E-state index contributed by atoms with van der Waals surface area (Å²) in [5.41, 5.74) is 4.38. The van der Waals surface area contributed by atoms with Gasteiger partial charge in [0, 0.05) is 43.0 Å². The summed E-state index contributed by atoms with van der Waals surface area (Å²) in [4.78, 5) is 17.7. The maximum Gasteiger partial charge on any atom is 0.244 e. The Morgan fingerprint density at radius 1 is 1.08 bits per heavy atom. The molecule has 1 aliphatic heterocycles. The van der Waals surface area contributed by atoms with Crippen LogP contribution in [-0.2, 0) is 40.7 Å². The summed E-state index contributed by atoms with van der Waals surface area (Å²) in [5, 5.41) is 12.3. The van der Waals surface area contributed by atoms with E-state index in [1.807, 2.05) is 41.0 Å². The van der Waals surface area contributed by atoms with Crippen LogP contribution in [0.5, 0.6) is 0 Å². The summed E-state index contributed by atoms with van der Waals surface area (Å²) in [6.45, 7) is 1.00. The van der Waals surface area contributed by atoms with Crippen LogP contribution in [-0.4, -0.2) is 40.8 Å². The zero-order valence-electron chi connectivity index (χ0n) is 21.0. The zero-order valence-corrected chi connectivity index (χ0v) is 22.6. The molecule has 10 heteroatoms. The maximum atomic E-state index is 13.6. The van der Waals surface area contributed by atoms with Crippen LogP contribution in [0.4, 0.5) is 0 Å². The minimum Gasteiger partial charge on any atom is -0.354 e. The fourth-order valence-corrected chi connectivity index (χ4v) is 6.62. The first kappa shape index (κ1) is 26.6. The normalized spacial score (nSPS) is 15.3. The van der Waals surface area contributed by atoms with Crippen molar-refractivity contribution in [1.82, 2.24) is 19.2 Å². The third-order valence-electron chi connectivity index (χ3n) is 6.83. The molecule has 0 radical (unpaired) electrons. The molecular formula is C29H26ClN5O3S. The number of aromatic nitrogens is 2. The number of carbonyl (C=O) groups excluding carboxylic acids is 1. The Kier molecular flexibility index (Phi) is 7.79. The number of amides is 1. The summed E-state index contributed by atoms with van der Waals surface area (Å²) < 4.78 is 30.5. The highest BCUT2D eigenvalue weighted by Gasteiger charge is 2.39. The molecule has 0 saturated heterocycles. The van der Waals surface area contributed by atoms with Crippen molar-refractivity contribution in [3.63, 3.8) is 0 Å². The van der Waals surface area contributed by atoms with Crippen LogP contribution in [0, 0.1) is 11.3 Å². The number of rotatable bonds is 8. The van der Waals surface area contributed by atoms with Crippen molar-refractivity contribution in [3.8, 4) is 6.07 Å². The van der Waals surface area contributed by atoms with Crippen molar-refractivity contribution >= 4 is 27.5 Å². The Bertz CT molecular complexity index is 1640. The minimum atomic E-state index is -3.98. The molecule has 39 heavy (non-hydrogen) atoms. The van der Waals surface area contributed by atoms with Crippen molar-refractivity contribution < 1.29 is 13.2 Å². The number of carbonyl (C=O) groups is 1. The first-order chi connectivity index (χ1) is 18.8. The van der Waals surface area contributed by atoms with Crippen molar-refractivity contribution in [1.29, 1.82) is 5.26 Å². The van der Waals surface area contributed by atoms with E-state index in [2.05, 4.69) is 16.4 Å². The Morgan fingerprint density at radius 2 is 1.85 bits per heavy atom. The van der Waals surface area contributed by atoms with Gasteiger partial charge in [0.25, 0.3) is 0 Å². The maximum absolute atomic E-state index is 13.6. The molecule has 1 atom stereocenters. The lowest BCUT2D eigenvalue weighted by Crippen LogP contribution is -2.52. The second kappa shape index (κ2) is 11.4. The highest BCUT2D eigenvalue weighted by molar-refractivity contribution is 7.89. The van der Waals surface area contributed by atoms with Crippen LogP contribution in [0.15, 0.2) is 90.2 Å². The molecule has 8 nitrogen and oxygen atoms in total. The first-order valence-corrected chi connectivity index (χ1v) is 14.3. The SMILES string of the molecule is N#Cc1ccc(Cn2cncc2CCNC(=O)[C@@H]2Cc3ccccc3CN2S(=O)(=O)c2cccc(Cl)c2)cc1.